The number of amides is 2. The number of primary amides is 1. The fraction of sp³-hybridized carbons (Fsp3) is 0.778. The Hall–Kier alpha value is -1.10. The van der Waals surface area contributed by atoms with Crippen LogP contribution in [-0.2, 0) is 9.59 Å². The standard InChI is InChI=1S/C9H17N3O2/c1-2-3-6(10)9(14)12-5-4-7(12)8(11)13/h6-7H,2-5,10H2,1H3,(H2,11,13). The largest absolute Gasteiger partial charge is 0.368 e. The van der Waals surface area contributed by atoms with Crippen molar-refractivity contribution in [2.24, 2.45) is 11.5 Å². The molecule has 2 atom stereocenters. The molecule has 0 spiro atoms. The van der Waals surface area contributed by atoms with Crippen molar-refractivity contribution in [2.45, 2.75) is 38.3 Å². The van der Waals surface area contributed by atoms with Crippen LogP contribution in [0.4, 0.5) is 0 Å². The third-order valence-electron chi connectivity index (χ3n) is 2.55. The monoisotopic (exact) mass is 199 g/mol. The van der Waals surface area contributed by atoms with E-state index in [1.807, 2.05) is 6.92 Å². The van der Waals surface area contributed by atoms with E-state index in [0.29, 0.717) is 19.4 Å². The number of carbonyl (C=O) groups excluding carboxylic acids is 2. The lowest BCUT2D eigenvalue weighted by atomic mass is 10.00. The molecule has 5 heteroatoms. The molecule has 0 saturated carbocycles. The molecule has 2 unspecified atom stereocenters. The number of likely N-dealkylation sites (tertiary alicyclic amines) is 1. The fourth-order valence-electron chi connectivity index (χ4n) is 1.59. The zero-order valence-corrected chi connectivity index (χ0v) is 8.40. The Bertz CT molecular complexity index is 242. The van der Waals surface area contributed by atoms with Crippen molar-refractivity contribution in [1.29, 1.82) is 0 Å². The average molecular weight is 199 g/mol. The number of nitrogens with two attached hydrogens (primary N) is 2. The highest BCUT2D eigenvalue weighted by atomic mass is 16.2. The van der Waals surface area contributed by atoms with Crippen LogP contribution in [0.1, 0.15) is 26.2 Å². The van der Waals surface area contributed by atoms with Crippen LogP contribution >= 0.6 is 0 Å². The molecule has 1 fully saturated rings. The lowest BCUT2D eigenvalue weighted by molar-refractivity contribution is -0.147. The average Bonchev–Trinajstić information content (AvgIpc) is 2.01. The summed E-state index contributed by atoms with van der Waals surface area (Å²) in [5.74, 6) is -0.588. The number of hydrogen-bond acceptors (Lipinski definition) is 3. The van der Waals surface area contributed by atoms with Gasteiger partial charge in [-0.3, -0.25) is 9.59 Å². The second-order valence-electron chi connectivity index (χ2n) is 3.63. The molecule has 2 amide bonds. The summed E-state index contributed by atoms with van der Waals surface area (Å²) >= 11 is 0. The Balaban J connectivity index is 2.49. The van der Waals surface area contributed by atoms with Crippen LogP contribution in [0.2, 0.25) is 0 Å². The molecular formula is C9H17N3O2. The molecule has 1 saturated heterocycles. The molecule has 80 valence electrons. The molecule has 0 aromatic heterocycles. The first-order valence-electron chi connectivity index (χ1n) is 4.93. The Morgan fingerprint density at radius 1 is 1.57 bits per heavy atom. The number of hydrogen-bond donors (Lipinski definition) is 2. The van der Waals surface area contributed by atoms with E-state index in [0.717, 1.165) is 6.42 Å². The maximum Gasteiger partial charge on any atom is 0.240 e. The first-order chi connectivity index (χ1) is 6.57. The van der Waals surface area contributed by atoms with Crippen molar-refractivity contribution in [2.75, 3.05) is 6.54 Å². The maximum absolute atomic E-state index is 11.6. The molecule has 0 bridgehead atoms. The van der Waals surface area contributed by atoms with E-state index in [9.17, 15) is 9.59 Å². The van der Waals surface area contributed by atoms with E-state index in [1.165, 1.54) is 4.90 Å². The minimum Gasteiger partial charge on any atom is -0.368 e. The summed E-state index contributed by atoms with van der Waals surface area (Å²) in [5, 5.41) is 0. The highest BCUT2D eigenvalue weighted by Crippen LogP contribution is 2.18. The van der Waals surface area contributed by atoms with Crippen LogP contribution in [0.3, 0.4) is 0 Å². The summed E-state index contributed by atoms with van der Waals surface area (Å²) in [7, 11) is 0. The van der Waals surface area contributed by atoms with E-state index in [2.05, 4.69) is 0 Å². The van der Waals surface area contributed by atoms with Gasteiger partial charge >= 0.3 is 0 Å². The van der Waals surface area contributed by atoms with Crippen LogP contribution in [-0.4, -0.2) is 35.3 Å². The Morgan fingerprint density at radius 3 is 2.57 bits per heavy atom. The van der Waals surface area contributed by atoms with Crippen molar-refractivity contribution >= 4 is 11.8 Å². The van der Waals surface area contributed by atoms with Gasteiger partial charge in [0.1, 0.15) is 6.04 Å². The third kappa shape index (κ3) is 2.04. The van der Waals surface area contributed by atoms with Gasteiger partial charge in [-0.05, 0) is 12.8 Å². The highest BCUT2D eigenvalue weighted by molar-refractivity contribution is 5.90. The topological polar surface area (TPSA) is 89.4 Å². The summed E-state index contributed by atoms with van der Waals surface area (Å²) in [6, 6.07) is -0.910. The zero-order valence-electron chi connectivity index (χ0n) is 8.40. The minimum absolute atomic E-state index is 0.151. The Labute approximate surface area is 83.4 Å². The normalized spacial score (nSPS) is 22.7. The lowest BCUT2D eigenvalue weighted by Gasteiger charge is -2.40. The van der Waals surface area contributed by atoms with Crippen LogP contribution in [0.25, 0.3) is 0 Å². The molecule has 0 aromatic carbocycles. The van der Waals surface area contributed by atoms with Gasteiger partial charge in [0.05, 0.1) is 6.04 Å². The van der Waals surface area contributed by atoms with Gasteiger partial charge < -0.3 is 16.4 Å². The van der Waals surface area contributed by atoms with E-state index in [-0.39, 0.29) is 5.91 Å². The smallest absolute Gasteiger partial charge is 0.240 e. The fourth-order valence-corrected chi connectivity index (χ4v) is 1.59. The predicted molar refractivity (Wildman–Crippen MR) is 52.2 cm³/mol. The van der Waals surface area contributed by atoms with Crippen LogP contribution < -0.4 is 11.5 Å². The number of nitrogens with zero attached hydrogens (tertiary/aromatic N) is 1. The van der Waals surface area contributed by atoms with Gasteiger partial charge in [0, 0.05) is 6.54 Å². The summed E-state index contributed by atoms with van der Waals surface area (Å²) in [4.78, 5) is 24.0. The SMILES string of the molecule is CCCC(N)C(=O)N1CCC1C(N)=O. The first-order valence-corrected chi connectivity index (χ1v) is 4.93. The van der Waals surface area contributed by atoms with E-state index in [1.54, 1.807) is 0 Å². The highest BCUT2D eigenvalue weighted by Gasteiger charge is 2.37. The molecule has 0 radical (unpaired) electrons. The van der Waals surface area contributed by atoms with Crippen molar-refractivity contribution in [3.8, 4) is 0 Å². The van der Waals surface area contributed by atoms with E-state index >= 15 is 0 Å². The van der Waals surface area contributed by atoms with Crippen LogP contribution in [0.5, 0.6) is 0 Å². The number of rotatable bonds is 4. The van der Waals surface area contributed by atoms with Gasteiger partial charge in [0.25, 0.3) is 0 Å². The second-order valence-corrected chi connectivity index (χ2v) is 3.63. The summed E-state index contributed by atoms with van der Waals surface area (Å²) in [5.41, 5.74) is 10.8. The van der Waals surface area contributed by atoms with Gasteiger partial charge in [-0.25, -0.2) is 0 Å². The molecule has 5 nitrogen and oxygen atoms in total. The number of carbonyl (C=O) groups is 2. The Kier molecular flexibility index (Phi) is 3.46. The molecule has 14 heavy (non-hydrogen) atoms. The molecular weight excluding hydrogens is 182 g/mol. The van der Waals surface area contributed by atoms with Crippen LogP contribution in [0.15, 0.2) is 0 Å². The molecule has 0 aromatic rings. The van der Waals surface area contributed by atoms with E-state index < -0.39 is 18.0 Å². The molecule has 1 heterocycles. The molecule has 4 N–H and O–H groups in total. The van der Waals surface area contributed by atoms with Gasteiger partial charge in [-0.15, -0.1) is 0 Å². The quantitative estimate of drug-likeness (QED) is 0.621. The molecule has 0 aliphatic carbocycles. The minimum atomic E-state index is -0.484. The van der Waals surface area contributed by atoms with Crippen molar-refractivity contribution < 1.29 is 9.59 Å². The Morgan fingerprint density at radius 2 is 2.21 bits per heavy atom. The zero-order chi connectivity index (χ0) is 10.7. The van der Waals surface area contributed by atoms with Crippen LogP contribution in [0, 0.1) is 0 Å². The van der Waals surface area contributed by atoms with E-state index in [4.69, 9.17) is 11.5 Å². The van der Waals surface area contributed by atoms with Gasteiger partial charge in [0.15, 0.2) is 0 Å². The van der Waals surface area contributed by atoms with Crippen molar-refractivity contribution in [3.05, 3.63) is 0 Å². The molecule has 1 aliphatic heterocycles. The van der Waals surface area contributed by atoms with Gasteiger partial charge in [-0.1, -0.05) is 13.3 Å². The summed E-state index contributed by atoms with van der Waals surface area (Å²) in [6.07, 6.45) is 2.18. The van der Waals surface area contributed by atoms with Crippen molar-refractivity contribution in [3.63, 3.8) is 0 Å². The van der Waals surface area contributed by atoms with Crippen molar-refractivity contribution in [1.82, 2.24) is 4.90 Å². The third-order valence-corrected chi connectivity index (χ3v) is 2.55. The predicted octanol–water partition coefficient (Wildman–Crippen LogP) is -0.800. The second kappa shape index (κ2) is 4.41. The van der Waals surface area contributed by atoms with Gasteiger partial charge in [0.2, 0.25) is 11.8 Å². The summed E-state index contributed by atoms with van der Waals surface area (Å²) < 4.78 is 0. The first kappa shape index (κ1) is 11.0. The molecule has 1 aliphatic rings. The maximum atomic E-state index is 11.6. The van der Waals surface area contributed by atoms with Gasteiger partial charge in [-0.2, -0.15) is 0 Å². The lowest BCUT2D eigenvalue weighted by Crippen LogP contribution is -2.60. The summed E-state index contributed by atoms with van der Waals surface area (Å²) in [6.45, 7) is 2.57. The molecule has 1 rings (SSSR count).